The lowest BCUT2D eigenvalue weighted by atomic mass is 10.2. The molecule has 0 heterocycles. The minimum atomic E-state index is -0.403. The zero-order valence-electron chi connectivity index (χ0n) is 9.95. The standard InChI is InChI=1S/C8H10.C4H10O2.H2O/c1-2-8-6-4-3-5-7-8;1-4(2,3)6-5;/h3-7H,2H2,1H3;5H,1-3H3;1H2. The molecule has 0 unspecified atom stereocenters. The molecule has 0 amide bonds. The van der Waals surface area contributed by atoms with E-state index < -0.39 is 5.60 Å². The van der Waals surface area contributed by atoms with Gasteiger partial charge in [-0.2, -0.15) is 0 Å². The quantitative estimate of drug-likeness (QED) is 0.577. The lowest BCUT2D eigenvalue weighted by Crippen LogP contribution is -2.15. The van der Waals surface area contributed by atoms with Crippen LogP contribution in [0.5, 0.6) is 0 Å². The van der Waals surface area contributed by atoms with Gasteiger partial charge in [-0.05, 0) is 32.8 Å². The molecule has 1 aromatic carbocycles. The highest BCUT2D eigenvalue weighted by Gasteiger charge is 2.06. The molecule has 15 heavy (non-hydrogen) atoms. The molecule has 0 atom stereocenters. The molecule has 88 valence electrons. The van der Waals surface area contributed by atoms with Gasteiger partial charge in [0.15, 0.2) is 0 Å². The van der Waals surface area contributed by atoms with Crippen molar-refractivity contribution >= 4 is 0 Å². The molecule has 0 aliphatic rings. The number of aryl methyl sites for hydroxylation is 1. The first kappa shape index (κ1) is 16.5. The minimum Gasteiger partial charge on any atom is -0.412 e. The van der Waals surface area contributed by atoms with E-state index in [0.717, 1.165) is 6.42 Å². The Morgan fingerprint density at radius 3 is 1.73 bits per heavy atom. The maximum atomic E-state index is 7.90. The summed E-state index contributed by atoms with van der Waals surface area (Å²) in [5.41, 5.74) is 1.01. The Labute approximate surface area is 91.9 Å². The van der Waals surface area contributed by atoms with E-state index in [-0.39, 0.29) is 5.48 Å². The molecular weight excluding hydrogens is 192 g/mol. The van der Waals surface area contributed by atoms with Crippen LogP contribution in [0.15, 0.2) is 30.3 Å². The van der Waals surface area contributed by atoms with Crippen molar-refractivity contribution in [3.8, 4) is 0 Å². The summed E-state index contributed by atoms with van der Waals surface area (Å²) in [4.78, 5) is 3.94. The van der Waals surface area contributed by atoms with Gasteiger partial charge in [0.1, 0.15) is 0 Å². The van der Waals surface area contributed by atoms with Gasteiger partial charge in [-0.15, -0.1) is 0 Å². The molecule has 1 aromatic rings. The fraction of sp³-hybridized carbons (Fsp3) is 0.500. The zero-order chi connectivity index (χ0) is 11.0. The highest BCUT2D eigenvalue weighted by molar-refractivity contribution is 5.13. The van der Waals surface area contributed by atoms with Crippen LogP contribution < -0.4 is 0 Å². The SMILES string of the molecule is CC(C)(C)OO.CCc1ccccc1.O. The molecule has 0 saturated heterocycles. The molecule has 0 aliphatic heterocycles. The van der Waals surface area contributed by atoms with Gasteiger partial charge in [0.05, 0.1) is 5.60 Å². The molecule has 3 N–H and O–H groups in total. The van der Waals surface area contributed by atoms with Crippen LogP contribution in [0.4, 0.5) is 0 Å². The van der Waals surface area contributed by atoms with Crippen molar-refractivity contribution in [3.63, 3.8) is 0 Å². The fourth-order valence-electron chi connectivity index (χ4n) is 0.714. The van der Waals surface area contributed by atoms with E-state index in [1.165, 1.54) is 5.56 Å². The molecule has 0 bridgehead atoms. The number of hydrogen-bond donors (Lipinski definition) is 1. The van der Waals surface area contributed by atoms with Crippen molar-refractivity contribution in [2.75, 3.05) is 0 Å². The van der Waals surface area contributed by atoms with Gasteiger partial charge in [-0.1, -0.05) is 37.3 Å². The maximum Gasteiger partial charge on any atom is 0.0949 e. The van der Waals surface area contributed by atoms with Crippen LogP contribution in [0.2, 0.25) is 0 Å². The lowest BCUT2D eigenvalue weighted by molar-refractivity contribution is -0.306. The van der Waals surface area contributed by atoms with Crippen LogP contribution in [0.3, 0.4) is 0 Å². The first-order valence-electron chi connectivity index (χ1n) is 4.86. The Hall–Kier alpha value is -0.900. The van der Waals surface area contributed by atoms with Crippen molar-refractivity contribution in [3.05, 3.63) is 35.9 Å². The summed E-state index contributed by atoms with van der Waals surface area (Å²) >= 11 is 0. The van der Waals surface area contributed by atoms with Crippen molar-refractivity contribution < 1.29 is 15.6 Å². The van der Waals surface area contributed by atoms with E-state index in [4.69, 9.17) is 5.26 Å². The van der Waals surface area contributed by atoms with Crippen molar-refractivity contribution in [2.45, 2.75) is 39.7 Å². The summed E-state index contributed by atoms with van der Waals surface area (Å²) in [5.74, 6) is 0. The average molecular weight is 214 g/mol. The summed E-state index contributed by atoms with van der Waals surface area (Å²) in [6.07, 6.45) is 1.14. The lowest BCUT2D eigenvalue weighted by Gasteiger charge is -2.10. The fourth-order valence-corrected chi connectivity index (χ4v) is 0.714. The number of rotatable bonds is 1. The zero-order valence-corrected chi connectivity index (χ0v) is 9.95. The summed E-state index contributed by atoms with van der Waals surface area (Å²) in [6.45, 7) is 7.47. The second-order valence-electron chi connectivity index (χ2n) is 4.04. The maximum absolute atomic E-state index is 7.90. The highest BCUT2D eigenvalue weighted by Crippen LogP contribution is 2.01. The van der Waals surface area contributed by atoms with Crippen LogP contribution >= 0.6 is 0 Å². The monoisotopic (exact) mass is 214 g/mol. The first-order chi connectivity index (χ1) is 6.49. The van der Waals surface area contributed by atoms with E-state index in [1.807, 2.05) is 6.07 Å². The Balaban J connectivity index is 0. The molecule has 3 nitrogen and oxygen atoms in total. The van der Waals surface area contributed by atoms with Gasteiger partial charge < -0.3 is 5.48 Å². The average Bonchev–Trinajstić information content (AvgIpc) is 2.19. The number of hydrogen-bond acceptors (Lipinski definition) is 2. The van der Waals surface area contributed by atoms with Crippen LogP contribution in [-0.2, 0) is 11.3 Å². The third-order valence-electron chi connectivity index (χ3n) is 1.52. The van der Waals surface area contributed by atoms with E-state index in [0.29, 0.717) is 0 Å². The highest BCUT2D eigenvalue weighted by atomic mass is 17.1. The van der Waals surface area contributed by atoms with Gasteiger partial charge in [-0.3, -0.25) is 5.26 Å². The molecule has 1 rings (SSSR count). The van der Waals surface area contributed by atoms with E-state index in [1.54, 1.807) is 20.8 Å². The smallest absolute Gasteiger partial charge is 0.0949 e. The molecule has 0 aliphatic carbocycles. The summed E-state index contributed by atoms with van der Waals surface area (Å²) in [7, 11) is 0. The van der Waals surface area contributed by atoms with E-state index in [9.17, 15) is 0 Å². The Morgan fingerprint density at radius 1 is 1.13 bits per heavy atom. The topological polar surface area (TPSA) is 61.0 Å². The Morgan fingerprint density at radius 2 is 1.53 bits per heavy atom. The minimum absolute atomic E-state index is 0. The van der Waals surface area contributed by atoms with Crippen LogP contribution in [0.1, 0.15) is 33.3 Å². The molecule has 0 saturated carbocycles. The van der Waals surface area contributed by atoms with Crippen molar-refractivity contribution in [1.29, 1.82) is 0 Å². The van der Waals surface area contributed by atoms with Crippen LogP contribution in [0.25, 0.3) is 0 Å². The first-order valence-corrected chi connectivity index (χ1v) is 4.86. The van der Waals surface area contributed by atoms with Gasteiger partial charge in [-0.25, -0.2) is 4.89 Å². The predicted octanol–water partition coefficient (Wildman–Crippen LogP) is 2.70. The van der Waals surface area contributed by atoms with Crippen molar-refractivity contribution in [1.82, 2.24) is 0 Å². The summed E-state index contributed by atoms with van der Waals surface area (Å²) in [6, 6.07) is 10.5. The van der Waals surface area contributed by atoms with Gasteiger partial charge >= 0.3 is 0 Å². The Kier molecular flexibility index (Phi) is 9.27. The molecule has 0 aromatic heterocycles. The predicted molar refractivity (Wildman–Crippen MR) is 62.9 cm³/mol. The summed E-state index contributed by atoms with van der Waals surface area (Å²) < 4.78 is 0. The van der Waals surface area contributed by atoms with E-state index in [2.05, 4.69) is 36.1 Å². The van der Waals surface area contributed by atoms with E-state index >= 15 is 0 Å². The summed E-state index contributed by atoms with van der Waals surface area (Å²) in [5, 5.41) is 7.90. The van der Waals surface area contributed by atoms with Gasteiger partial charge in [0.25, 0.3) is 0 Å². The molecule has 0 fully saturated rings. The number of benzene rings is 1. The van der Waals surface area contributed by atoms with Gasteiger partial charge in [0.2, 0.25) is 0 Å². The third-order valence-corrected chi connectivity index (χ3v) is 1.52. The van der Waals surface area contributed by atoms with Crippen molar-refractivity contribution in [2.24, 2.45) is 0 Å². The van der Waals surface area contributed by atoms with Crippen LogP contribution in [-0.4, -0.2) is 16.3 Å². The van der Waals surface area contributed by atoms with Crippen LogP contribution in [0, 0.1) is 0 Å². The Bertz CT molecular complexity index is 226. The molecular formula is C12H22O3. The molecule has 0 spiro atoms. The second kappa shape index (κ2) is 8.41. The molecule has 3 heteroatoms. The van der Waals surface area contributed by atoms with Gasteiger partial charge in [0, 0.05) is 0 Å². The third kappa shape index (κ3) is 11.0. The second-order valence-corrected chi connectivity index (χ2v) is 4.04. The largest absolute Gasteiger partial charge is 0.412 e. The normalized spacial score (nSPS) is 9.67. The molecule has 0 radical (unpaired) electrons.